The second-order valence-electron chi connectivity index (χ2n) is 6.37. The fourth-order valence-corrected chi connectivity index (χ4v) is 3.58. The molecule has 1 aromatic heterocycles. The van der Waals surface area contributed by atoms with E-state index in [0.717, 1.165) is 29.4 Å². The number of rotatable bonds is 3. The highest BCUT2D eigenvalue weighted by molar-refractivity contribution is 5.89. The minimum Gasteiger partial charge on any atom is -0.339 e. The zero-order chi connectivity index (χ0) is 17.2. The van der Waals surface area contributed by atoms with Gasteiger partial charge in [-0.05, 0) is 41.3 Å². The second kappa shape index (κ2) is 6.48. The first-order chi connectivity index (χ1) is 12.3. The van der Waals surface area contributed by atoms with E-state index >= 15 is 0 Å². The Labute approximate surface area is 146 Å². The quantitative estimate of drug-likeness (QED) is 0.687. The fourth-order valence-electron chi connectivity index (χ4n) is 3.58. The smallest absolute Gasteiger partial charge is 0.245 e. The summed E-state index contributed by atoms with van der Waals surface area (Å²) in [6.07, 6.45) is 5.79. The van der Waals surface area contributed by atoms with Crippen molar-refractivity contribution in [1.29, 1.82) is 0 Å². The molecule has 0 unspecified atom stereocenters. The summed E-state index contributed by atoms with van der Waals surface area (Å²) in [6.45, 7) is 5.07. The number of fused-ring (bicyclic) bond motifs is 1. The minimum atomic E-state index is 0.000598. The van der Waals surface area contributed by atoms with Crippen molar-refractivity contribution >= 4 is 16.8 Å². The largest absolute Gasteiger partial charge is 0.339 e. The zero-order valence-corrected chi connectivity index (χ0v) is 13.9. The molecular formula is C21H19N3O. The molecule has 124 valence electrons. The van der Waals surface area contributed by atoms with E-state index < -0.39 is 0 Å². The third-order valence-electron chi connectivity index (χ3n) is 4.86. The Morgan fingerprint density at radius 3 is 2.84 bits per heavy atom. The molecule has 0 radical (unpaired) electrons. The molecule has 0 bridgehead atoms. The first-order valence-corrected chi connectivity index (χ1v) is 8.46. The van der Waals surface area contributed by atoms with Gasteiger partial charge < -0.3 is 4.90 Å². The number of carbonyl (C=O) groups is 1. The lowest BCUT2D eigenvalue weighted by molar-refractivity contribution is -0.125. The molecule has 1 aliphatic rings. The van der Waals surface area contributed by atoms with Crippen molar-refractivity contribution in [1.82, 2.24) is 14.9 Å². The molecular weight excluding hydrogens is 310 g/mol. The standard InChI is InChI=1S/C21H19N3O/c1-2-20(25)24-9-8-16(13-24)19-11-17(15-6-4-3-5-7-15)10-18-12-22-14-23-21(18)19/h2-7,10-12,14,16H,1,8-9,13H2/t16-/m1/s1. The molecule has 4 nitrogen and oxygen atoms in total. The van der Waals surface area contributed by atoms with Crippen molar-refractivity contribution in [3.63, 3.8) is 0 Å². The highest BCUT2D eigenvalue weighted by Crippen LogP contribution is 2.35. The number of hydrogen-bond donors (Lipinski definition) is 0. The van der Waals surface area contributed by atoms with E-state index in [2.05, 4.69) is 40.8 Å². The topological polar surface area (TPSA) is 46.1 Å². The molecule has 0 aliphatic carbocycles. The number of carbonyl (C=O) groups excluding carboxylic acids is 1. The van der Waals surface area contributed by atoms with Crippen molar-refractivity contribution < 1.29 is 4.79 Å². The van der Waals surface area contributed by atoms with Gasteiger partial charge in [-0.3, -0.25) is 4.79 Å². The van der Waals surface area contributed by atoms with E-state index in [9.17, 15) is 4.79 Å². The van der Waals surface area contributed by atoms with Crippen LogP contribution in [0.4, 0.5) is 0 Å². The van der Waals surface area contributed by atoms with Crippen molar-refractivity contribution in [2.75, 3.05) is 13.1 Å². The van der Waals surface area contributed by atoms with Gasteiger partial charge >= 0.3 is 0 Å². The lowest BCUT2D eigenvalue weighted by Crippen LogP contribution is -2.26. The summed E-state index contributed by atoms with van der Waals surface area (Å²) in [5.74, 6) is 0.283. The Bertz CT molecular complexity index is 936. The summed E-state index contributed by atoms with van der Waals surface area (Å²) in [6, 6.07) is 14.7. The van der Waals surface area contributed by atoms with Gasteiger partial charge in [0.1, 0.15) is 6.33 Å². The molecule has 1 aliphatic heterocycles. The SMILES string of the molecule is C=CC(=O)N1CC[C@@H](c2cc(-c3ccccc3)cc3cncnc23)C1. The van der Waals surface area contributed by atoms with Crippen LogP contribution in [0.5, 0.6) is 0 Å². The summed E-state index contributed by atoms with van der Waals surface area (Å²) >= 11 is 0. The molecule has 0 N–H and O–H groups in total. The number of aromatic nitrogens is 2. The van der Waals surface area contributed by atoms with Gasteiger partial charge in [0.25, 0.3) is 0 Å². The molecule has 4 heteroatoms. The first-order valence-electron chi connectivity index (χ1n) is 8.46. The maximum absolute atomic E-state index is 11.9. The first kappa shape index (κ1) is 15.5. The number of hydrogen-bond acceptors (Lipinski definition) is 3. The van der Waals surface area contributed by atoms with Gasteiger partial charge in [-0.2, -0.15) is 0 Å². The normalized spacial score (nSPS) is 17.0. The van der Waals surface area contributed by atoms with Crippen LogP contribution in [-0.2, 0) is 4.79 Å². The van der Waals surface area contributed by atoms with Crippen LogP contribution in [0.3, 0.4) is 0 Å². The molecule has 0 spiro atoms. The molecule has 2 heterocycles. The summed E-state index contributed by atoms with van der Waals surface area (Å²) < 4.78 is 0. The monoisotopic (exact) mass is 329 g/mol. The van der Waals surface area contributed by atoms with Crippen LogP contribution in [0, 0.1) is 0 Å². The van der Waals surface area contributed by atoms with Gasteiger partial charge in [0, 0.05) is 30.6 Å². The molecule has 2 aromatic carbocycles. The van der Waals surface area contributed by atoms with E-state index in [-0.39, 0.29) is 11.8 Å². The van der Waals surface area contributed by atoms with E-state index in [1.807, 2.05) is 29.3 Å². The second-order valence-corrected chi connectivity index (χ2v) is 6.37. The average molecular weight is 329 g/mol. The molecule has 3 aromatic rings. The van der Waals surface area contributed by atoms with E-state index in [4.69, 9.17) is 0 Å². The van der Waals surface area contributed by atoms with Gasteiger partial charge in [0.15, 0.2) is 0 Å². The Kier molecular flexibility index (Phi) is 4.02. The molecule has 1 saturated heterocycles. The fraction of sp³-hybridized carbons (Fsp3) is 0.190. The lowest BCUT2D eigenvalue weighted by Gasteiger charge is -2.17. The van der Waals surface area contributed by atoms with Gasteiger partial charge in [-0.1, -0.05) is 36.9 Å². The molecule has 1 atom stereocenters. The average Bonchev–Trinajstić information content (AvgIpc) is 3.17. The Balaban J connectivity index is 1.80. The third kappa shape index (κ3) is 2.91. The highest BCUT2D eigenvalue weighted by Gasteiger charge is 2.28. The van der Waals surface area contributed by atoms with Crippen LogP contribution in [0.2, 0.25) is 0 Å². The maximum atomic E-state index is 11.9. The summed E-state index contributed by atoms with van der Waals surface area (Å²) in [5, 5.41) is 1.03. The predicted octanol–water partition coefficient (Wildman–Crippen LogP) is 3.80. The van der Waals surface area contributed by atoms with Crippen LogP contribution in [0.25, 0.3) is 22.0 Å². The van der Waals surface area contributed by atoms with Crippen LogP contribution in [-0.4, -0.2) is 33.9 Å². The Morgan fingerprint density at radius 1 is 1.20 bits per heavy atom. The van der Waals surface area contributed by atoms with Crippen LogP contribution in [0.15, 0.2) is 67.6 Å². The number of amides is 1. The molecule has 1 fully saturated rings. The third-order valence-corrected chi connectivity index (χ3v) is 4.86. The van der Waals surface area contributed by atoms with Crippen molar-refractivity contribution in [3.05, 3.63) is 73.2 Å². The van der Waals surface area contributed by atoms with Gasteiger partial charge in [0.2, 0.25) is 5.91 Å². The highest BCUT2D eigenvalue weighted by atomic mass is 16.2. The summed E-state index contributed by atoms with van der Waals surface area (Å²) in [7, 11) is 0. The van der Waals surface area contributed by atoms with Crippen molar-refractivity contribution in [2.45, 2.75) is 12.3 Å². The number of nitrogens with zero attached hydrogens (tertiary/aromatic N) is 3. The van der Waals surface area contributed by atoms with Gasteiger partial charge in [0.05, 0.1) is 5.52 Å². The minimum absolute atomic E-state index is 0.000598. The van der Waals surface area contributed by atoms with E-state index in [0.29, 0.717) is 6.54 Å². The van der Waals surface area contributed by atoms with Crippen LogP contribution < -0.4 is 0 Å². The predicted molar refractivity (Wildman–Crippen MR) is 99.1 cm³/mol. The van der Waals surface area contributed by atoms with Gasteiger partial charge in [-0.25, -0.2) is 9.97 Å². The number of likely N-dealkylation sites (tertiary alicyclic amines) is 1. The Hall–Kier alpha value is -3.01. The molecule has 25 heavy (non-hydrogen) atoms. The number of benzene rings is 2. The summed E-state index contributed by atoms with van der Waals surface area (Å²) in [4.78, 5) is 22.5. The van der Waals surface area contributed by atoms with Crippen molar-refractivity contribution in [2.24, 2.45) is 0 Å². The van der Waals surface area contributed by atoms with Crippen LogP contribution >= 0.6 is 0 Å². The lowest BCUT2D eigenvalue weighted by atomic mass is 9.92. The van der Waals surface area contributed by atoms with E-state index in [1.165, 1.54) is 17.2 Å². The molecule has 0 saturated carbocycles. The van der Waals surface area contributed by atoms with E-state index in [1.54, 1.807) is 6.33 Å². The van der Waals surface area contributed by atoms with Crippen molar-refractivity contribution in [3.8, 4) is 11.1 Å². The van der Waals surface area contributed by atoms with Gasteiger partial charge in [-0.15, -0.1) is 0 Å². The maximum Gasteiger partial charge on any atom is 0.245 e. The summed E-state index contributed by atoms with van der Waals surface area (Å²) in [5.41, 5.74) is 4.50. The van der Waals surface area contributed by atoms with Crippen LogP contribution in [0.1, 0.15) is 17.9 Å². The molecule has 1 amide bonds. The zero-order valence-electron chi connectivity index (χ0n) is 13.9. The molecule has 4 rings (SSSR count). The Morgan fingerprint density at radius 2 is 2.04 bits per heavy atom.